The Labute approximate surface area is 187 Å². The molecule has 0 atom stereocenters. The molecule has 3 aromatic rings. The van der Waals surface area contributed by atoms with Crippen molar-refractivity contribution in [1.29, 1.82) is 0 Å². The Morgan fingerprint density at radius 3 is 2.19 bits per heavy atom. The molecule has 4 amide bonds. The summed E-state index contributed by atoms with van der Waals surface area (Å²) in [6.07, 6.45) is 0. The molecule has 0 aromatic heterocycles. The van der Waals surface area contributed by atoms with E-state index in [0.29, 0.717) is 11.4 Å². The third-order valence-corrected chi connectivity index (χ3v) is 4.99. The molecule has 0 spiro atoms. The van der Waals surface area contributed by atoms with Crippen LogP contribution in [-0.2, 0) is 0 Å². The zero-order chi connectivity index (χ0) is 23.1. The number of nitrogens with zero attached hydrogens (tertiary/aromatic N) is 1. The Hall–Kier alpha value is -3.87. The molecule has 166 valence electrons. The lowest BCUT2D eigenvalue weighted by atomic mass is 10.1. The van der Waals surface area contributed by atoms with Gasteiger partial charge in [0.1, 0.15) is 5.82 Å². The molecule has 0 unspecified atom stereocenters. The number of urea groups is 2. The van der Waals surface area contributed by atoms with Crippen molar-refractivity contribution in [1.82, 2.24) is 5.32 Å². The van der Waals surface area contributed by atoms with E-state index in [0.717, 1.165) is 22.4 Å². The number of benzene rings is 3. The molecule has 0 radical (unpaired) electrons. The van der Waals surface area contributed by atoms with Crippen LogP contribution in [0.15, 0.2) is 66.7 Å². The predicted octanol–water partition coefficient (Wildman–Crippen LogP) is 5.61. The Morgan fingerprint density at radius 2 is 1.53 bits per heavy atom. The molecule has 7 heteroatoms. The summed E-state index contributed by atoms with van der Waals surface area (Å²) >= 11 is 0. The summed E-state index contributed by atoms with van der Waals surface area (Å²) in [6, 6.07) is 18.1. The fraction of sp³-hybridized carbons (Fsp3) is 0.200. The molecule has 3 rings (SSSR count). The van der Waals surface area contributed by atoms with Crippen molar-refractivity contribution < 1.29 is 14.0 Å². The Kier molecular flexibility index (Phi) is 7.44. The number of carbonyl (C=O) groups excluding carboxylic acids is 2. The number of carbonyl (C=O) groups is 2. The lowest BCUT2D eigenvalue weighted by Gasteiger charge is -2.24. The van der Waals surface area contributed by atoms with Crippen LogP contribution in [-0.4, -0.2) is 25.2 Å². The Morgan fingerprint density at radius 1 is 0.875 bits per heavy atom. The van der Waals surface area contributed by atoms with E-state index in [1.54, 1.807) is 6.07 Å². The van der Waals surface area contributed by atoms with E-state index >= 15 is 0 Å². The monoisotopic (exact) mass is 434 g/mol. The third kappa shape index (κ3) is 6.07. The second-order valence-corrected chi connectivity index (χ2v) is 7.58. The van der Waals surface area contributed by atoms with Gasteiger partial charge in [-0.1, -0.05) is 30.3 Å². The van der Waals surface area contributed by atoms with Crippen LogP contribution in [0.3, 0.4) is 0 Å². The highest BCUT2D eigenvalue weighted by Gasteiger charge is 2.17. The summed E-state index contributed by atoms with van der Waals surface area (Å²) in [5, 5.41) is 8.49. The lowest BCUT2D eigenvalue weighted by molar-refractivity contribution is 0.250. The molecule has 0 aliphatic heterocycles. The average Bonchev–Trinajstić information content (AvgIpc) is 2.75. The van der Waals surface area contributed by atoms with Gasteiger partial charge in [-0.3, -0.25) is 4.90 Å². The number of hydrogen-bond donors (Lipinski definition) is 3. The van der Waals surface area contributed by atoms with Crippen LogP contribution in [0.1, 0.15) is 16.7 Å². The first-order valence-corrected chi connectivity index (χ1v) is 10.4. The van der Waals surface area contributed by atoms with Crippen LogP contribution in [0.25, 0.3) is 0 Å². The summed E-state index contributed by atoms with van der Waals surface area (Å²) in [6.45, 7) is 6.19. The summed E-state index contributed by atoms with van der Waals surface area (Å²) in [5.74, 6) is -0.390. The maximum absolute atomic E-state index is 13.4. The number of aryl methyl sites for hydroxylation is 3. The van der Waals surface area contributed by atoms with E-state index in [9.17, 15) is 14.0 Å². The van der Waals surface area contributed by atoms with Gasteiger partial charge in [0.25, 0.3) is 0 Å². The topological polar surface area (TPSA) is 73.5 Å². The molecule has 6 nitrogen and oxygen atoms in total. The van der Waals surface area contributed by atoms with Gasteiger partial charge in [0.15, 0.2) is 0 Å². The standard InChI is InChI=1S/C25H27FN4O2/c1-17-6-4-9-21(16-17)28-25(32)30(22-12-10-20(26)11-13-22)15-14-27-24(31)29-23-18(2)7-5-8-19(23)3/h4-13,16H,14-15H2,1-3H3,(H,28,32)(H2,27,29,31). The largest absolute Gasteiger partial charge is 0.336 e. The highest BCUT2D eigenvalue weighted by atomic mass is 19.1. The van der Waals surface area contributed by atoms with Crippen molar-refractivity contribution in [2.75, 3.05) is 28.6 Å². The van der Waals surface area contributed by atoms with Crippen LogP contribution in [0, 0.1) is 26.6 Å². The SMILES string of the molecule is Cc1cccc(NC(=O)N(CCNC(=O)Nc2c(C)cccc2C)c2ccc(F)cc2)c1. The van der Waals surface area contributed by atoms with Crippen molar-refractivity contribution in [3.63, 3.8) is 0 Å². The van der Waals surface area contributed by atoms with E-state index in [2.05, 4.69) is 16.0 Å². The van der Waals surface area contributed by atoms with Crippen molar-refractivity contribution in [2.24, 2.45) is 0 Å². The molecular formula is C25H27FN4O2. The maximum Gasteiger partial charge on any atom is 0.326 e. The van der Waals surface area contributed by atoms with Crippen molar-refractivity contribution in [3.8, 4) is 0 Å². The highest BCUT2D eigenvalue weighted by Crippen LogP contribution is 2.20. The minimum atomic E-state index is -0.390. The zero-order valence-corrected chi connectivity index (χ0v) is 18.4. The number of anilines is 3. The summed E-state index contributed by atoms with van der Waals surface area (Å²) in [4.78, 5) is 26.8. The molecule has 3 aromatic carbocycles. The molecule has 32 heavy (non-hydrogen) atoms. The van der Waals surface area contributed by atoms with Gasteiger partial charge in [-0.15, -0.1) is 0 Å². The Balaban J connectivity index is 1.66. The summed E-state index contributed by atoms with van der Waals surface area (Å²) in [5.41, 5.74) is 4.88. The summed E-state index contributed by atoms with van der Waals surface area (Å²) < 4.78 is 13.4. The molecule has 0 fully saturated rings. The fourth-order valence-electron chi connectivity index (χ4n) is 3.33. The maximum atomic E-state index is 13.4. The fourth-order valence-corrected chi connectivity index (χ4v) is 3.33. The normalized spacial score (nSPS) is 10.4. The summed E-state index contributed by atoms with van der Waals surface area (Å²) in [7, 11) is 0. The van der Waals surface area contributed by atoms with Gasteiger partial charge in [0.05, 0.1) is 0 Å². The molecule has 3 N–H and O–H groups in total. The van der Waals surface area contributed by atoms with E-state index in [4.69, 9.17) is 0 Å². The Bertz CT molecular complexity index is 1080. The number of para-hydroxylation sites is 1. The first-order chi connectivity index (χ1) is 15.3. The van der Waals surface area contributed by atoms with Crippen LogP contribution in [0.5, 0.6) is 0 Å². The van der Waals surface area contributed by atoms with Gasteiger partial charge in [0.2, 0.25) is 0 Å². The molecule has 0 aliphatic carbocycles. The smallest absolute Gasteiger partial charge is 0.326 e. The number of halogens is 1. The van der Waals surface area contributed by atoms with Gasteiger partial charge in [0, 0.05) is 30.2 Å². The second-order valence-electron chi connectivity index (χ2n) is 7.58. The molecule has 0 heterocycles. The van der Waals surface area contributed by atoms with Crippen molar-refractivity contribution in [3.05, 3.63) is 89.2 Å². The van der Waals surface area contributed by atoms with Crippen molar-refractivity contribution >= 4 is 29.1 Å². The van der Waals surface area contributed by atoms with E-state index < -0.39 is 0 Å². The van der Waals surface area contributed by atoms with Crippen LogP contribution in [0.4, 0.5) is 31.0 Å². The molecule has 0 bridgehead atoms. The second kappa shape index (κ2) is 10.4. The van der Waals surface area contributed by atoms with Gasteiger partial charge < -0.3 is 16.0 Å². The van der Waals surface area contributed by atoms with Crippen LogP contribution in [0.2, 0.25) is 0 Å². The van der Waals surface area contributed by atoms with E-state index in [1.807, 2.05) is 57.2 Å². The first-order valence-electron chi connectivity index (χ1n) is 10.4. The number of rotatable bonds is 6. The minimum Gasteiger partial charge on any atom is -0.336 e. The highest BCUT2D eigenvalue weighted by molar-refractivity contribution is 6.01. The lowest BCUT2D eigenvalue weighted by Crippen LogP contribution is -2.42. The minimum absolute atomic E-state index is 0.198. The number of hydrogen-bond acceptors (Lipinski definition) is 2. The van der Waals surface area contributed by atoms with Gasteiger partial charge in [-0.05, 0) is 73.9 Å². The number of nitrogens with one attached hydrogen (secondary N) is 3. The van der Waals surface area contributed by atoms with Crippen LogP contribution >= 0.6 is 0 Å². The average molecular weight is 435 g/mol. The van der Waals surface area contributed by atoms with Crippen LogP contribution < -0.4 is 20.9 Å². The quantitative estimate of drug-likeness (QED) is 0.472. The van der Waals surface area contributed by atoms with Gasteiger partial charge >= 0.3 is 12.1 Å². The predicted molar refractivity (Wildman–Crippen MR) is 127 cm³/mol. The molecule has 0 saturated heterocycles. The first kappa shape index (κ1) is 22.8. The molecular weight excluding hydrogens is 407 g/mol. The van der Waals surface area contributed by atoms with E-state index in [1.165, 1.54) is 29.2 Å². The van der Waals surface area contributed by atoms with Crippen molar-refractivity contribution in [2.45, 2.75) is 20.8 Å². The molecule has 0 aliphatic rings. The van der Waals surface area contributed by atoms with E-state index in [-0.39, 0.29) is 31.0 Å². The number of amides is 4. The zero-order valence-electron chi connectivity index (χ0n) is 18.4. The van der Waals surface area contributed by atoms with Gasteiger partial charge in [-0.2, -0.15) is 0 Å². The van der Waals surface area contributed by atoms with Gasteiger partial charge in [-0.25, -0.2) is 14.0 Å². The molecule has 0 saturated carbocycles. The third-order valence-electron chi connectivity index (χ3n) is 4.99.